The molecule has 0 aromatic heterocycles. The lowest BCUT2D eigenvalue weighted by atomic mass is 10.1. The van der Waals surface area contributed by atoms with E-state index in [1.54, 1.807) is 6.07 Å². The number of hydrogen-bond acceptors (Lipinski definition) is 2. The van der Waals surface area contributed by atoms with Crippen LogP contribution in [0.25, 0.3) is 0 Å². The monoisotopic (exact) mass is 322 g/mol. The lowest BCUT2D eigenvalue weighted by Gasteiger charge is -2.20. The van der Waals surface area contributed by atoms with Crippen LogP contribution in [-0.4, -0.2) is 6.54 Å². The van der Waals surface area contributed by atoms with Crippen molar-refractivity contribution < 1.29 is 4.39 Å². The summed E-state index contributed by atoms with van der Waals surface area (Å²) in [6.45, 7) is 2.47. The lowest BCUT2D eigenvalue weighted by molar-refractivity contribution is 0.624. The van der Waals surface area contributed by atoms with Crippen LogP contribution in [0.1, 0.15) is 17.2 Å². The highest BCUT2D eigenvalue weighted by Gasteiger charge is 2.13. The molecule has 0 aliphatic rings. The minimum Gasteiger partial charge on any atom is -0.377 e. The topological polar surface area (TPSA) is 38.0 Å². The molecule has 0 aliphatic heterocycles. The van der Waals surface area contributed by atoms with Gasteiger partial charge in [-0.2, -0.15) is 0 Å². The van der Waals surface area contributed by atoms with Gasteiger partial charge in [0, 0.05) is 16.7 Å². The first-order valence-electron chi connectivity index (χ1n) is 6.08. The van der Waals surface area contributed by atoms with Gasteiger partial charge in [0.15, 0.2) is 0 Å². The quantitative estimate of drug-likeness (QED) is 0.892. The van der Waals surface area contributed by atoms with E-state index in [1.807, 2.05) is 25.1 Å². The molecule has 0 fully saturated rings. The normalized spacial score (nSPS) is 12.2. The second-order valence-corrected chi connectivity index (χ2v) is 5.32. The van der Waals surface area contributed by atoms with Crippen molar-refractivity contribution >= 4 is 21.6 Å². The smallest absolute Gasteiger partial charge is 0.124 e. The fraction of sp³-hybridized carbons (Fsp3) is 0.200. The average Bonchev–Trinajstić information content (AvgIpc) is 2.37. The Morgan fingerprint density at radius 1 is 1.26 bits per heavy atom. The van der Waals surface area contributed by atoms with Crippen molar-refractivity contribution in [2.24, 2.45) is 5.73 Å². The van der Waals surface area contributed by atoms with E-state index in [4.69, 9.17) is 5.73 Å². The molecule has 0 amide bonds. The maximum absolute atomic E-state index is 13.1. The van der Waals surface area contributed by atoms with Crippen molar-refractivity contribution in [2.45, 2.75) is 13.0 Å². The zero-order valence-electron chi connectivity index (χ0n) is 10.7. The number of nitrogens with one attached hydrogen (secondary N) is 1. The van der Waals surface area contributed by atoms with Gasteiger partial charge in [0.1, 0.15) is 5.82 Å². The minimum absolute atomic E-state index is 0.0585. The Bertz CT molecular complexity index is 572. The zero-order chi connectivity index (χ0) is 13.8. The Morgan fingerprint density at radius 2 is 2.05 bits per heavy atom. The molecule has 2 aromatic rings. The van der Waals surface area contributed by atoms with Gasteiger partial charge in [-0.1, -0.05) is 34.1 Å². The van der Waals surface area contributed by atoms with E-state index >= 15 is 0 Å². The molecule has 0 aliphatic carbocycles. The van der Waals surface area contributed by atoms with Gasteiger partial charge in [0.25, 0.3) is 0 Å². The zero-order valence-corrected chi connectivity index (χ0v) is 12.2. The third-order valence-electron chi connectivity index (χ3n) is 2.93. The predicted molar refractivity (Wildman–Crippen MR) is 80.7 cm³/mol. The fourth-order valence-electron chi connectivity index (χ4n) is 1.98. The number of halogens is 2. The van der Waals surface area contributed by atoms with Gasteiger partial charge in [-0.3, -0.25) is 0 Å². The van der Waals surface area contributed by atoms with Crippen molar-refractivity contribution in [2.75, 3.05) is 11.9 Å². The minimum atomic E-state index is -0.262. The molecule has 19 heavy (non-hydrogen) atoms. The average molecular weight is 323 g/mol. The third kappa shape index (κ3) is 3.55. The van der Waals surface area contributed by atoms with Gasteiger partial charge in [0.05, 0.1) is 6.04 Å². The predicted octanol–water partition coefficient (Wildman–Crippen LogP) is 4.01. The van der Waals surface area contributed by atoms with Gasteiger partial charge < -0.3 is 11.1 Å². The molecule has 0 heterocycles. The van der Waals surface area contributed by atoms with Crippen LogP contribution in [0.5, 0.6) is 0 Å². The van der Waals surface area contributed by atoms with Gasteiger partial charge in [0.2, 0.25) is 0 Å². The number of rotatable bonds is 4. The summed E-state index contributed by atoms with van der Waals surface area (Å²) in [6.07, 6.45) is 0. The summed E-state index contributed by atoms with van der Waals surface area (Å²) in [5.41, 5.74) is 8.96. The summed E-state index contributed by atoms with van der Waals surface area (Å²) in [5.74, 6) is -0.262. The van der Waals surface area contributed by atoms with Crippen LogP contribution in [0, 0.1) is 12.7 Å². The van der Waals surface area contributed by atoms with Crippen molar-refractivity contribution in [1.82, 2.24) is 0 Å². The number of hydrogen-bond donors (Lipinski definition) is 2. The van der Waals surface area contributed by atoms with E-state index < -0.39 is 0 Å². The largest absolute Gasteiger partial charge is 0.377 e. The summed E-state index contributed by atoms with van der Waals surface area (Å²) in [5, 5.41) is 3.37. The van der Waals surface area contributed by atoms with Crippen LogP contribution in [0.15, 0.2) is 46.9 Å². The molecule has 3 N–H and O–H groups in total. The van der Waals surface area contributed by atoms with Gasteiger partial charge in [-0.25, -0.2) is 4.39 Å². The number of benzene rings is 2. The molecular formula is C15H16BrFN2. The maximum atomic E-state index is 13.1. The number of nitrogens with two attached hydrogens (primary N) is 1. The van der Waals surface area contributed by atoms with Crippen LogP contribution in [0.3, 0.4) is 0 Å². The number of aryl methyl sites for hydroxylation is 1. The van der Waals surface area contributed by atoms with Crippen LogP contribution >= 0.6 is 15.9 Å². The van der Waals surface area contributed by atoms with Crippen molar-refractivity contribution in [1.29, 1.82) is 0 Å². The summed E-state index contributed by atoms with van der Waals surface area (Å²) >= 11 is 3.38. The van der Waals surface area contributed by atoms with Gasteiger partial charge >= 0.3 is 0 Å². The summed E-state index contributed by atoms with van der Waals surface area (Å²) in [4.78, 5) is 0. The Kier molecular flexibility index (Phi) is 4.56. The van der Waals surface area contributed by atoms with E-state index in [-0.39, 0.29) is 11.9 Å². The second kappa shape index (κ2) is 6.17. The third-order valence-corrected chi connectivity index (χ3v) is 3.62. The lowest BCUT2D eigenvalue weighted by Crippen LogP contribution is -2.21. The van der Waals surface area contributed by atoms with E-state index in [9.17, 15) is 4.39 Å². The van der Waals surface area contributed by atoms with Crippen molar-refractivity contribution in [3.05, 3.63) is 63.9 Å². The van der Waals surface area contributed by atoms with Crippen LogP contribution in [0.4, 0.5) is 10.1 Å². The molecule has 1 unspecified atom stereocenters. The van der Waals surface area contributed by atoms with Gasteiger partial charge in [-0.05, 0) is 42.3 Å². The standard InChI is InChI=1S/C15H16BrFN2/c1-10-3-2-4-12(7-10)19-15(9-18)13-6-5-11(17)8-14(13)16/h2-8,15,19H,9,18H2,1H3. The molecule has 100 valence electrons. The molecule has 0 saturated carbocycles. The molecule has 0 spiro atoms. The Balaban J connectivity index is 2.25. The SMILES string of the molecule is Cc1cccc(NC(CN)c2ccc(F)cc2Br)c1. The first kappa shape index (κ1) is 14.0. The van der Waals surface area contributed by atoms with Crippen molar-refractivity contribution in [3.63, 3.8) is 0 Å². The molecule has 4 heteroatoms. The van der Waals surface area contributed by atoms with E-state index in [0.717, 1.165) is 15.7 Å². The fourth-order valence-corrected chi connectivity index (χ4v) is 2.61. The van der Waals surface area contributed by atoms with Crippen LogP contribution in [-0.2, 0) is 0 Å². The van der Waals surface area contributed by atoms with Crippen LogP contribution in [0.2, 0.25) is 0 Å². The second-order valence-electron chi connectivity index (χ2n) is 4.47. The molecule has 0 radical (unpaired) electrons. The highest BCUT2D eigenvalue weighted by atomic mass is 79.9. The molecular weight excluding hydrogens is 307 g/mol. The first-order valence-corrected chi connectivity index (χ1v) is 6.87. The Labute approximate surface area is 121 Å². The molecule has 2 aromatic carbocycles. The summed E-state index contributed by atoms with van der Waals surface area (Å²) in [6, 6.07) is 12.7. The van der Waals surface area contributed by atoms with E-state index in [2.05, 4.69) is 27.3 Å². The van der Waals surface area contributed by atoms with Crippen molar-refractivity contribution in [3.8, 4) is 0 Å². The van der Waals surface area contributed by atoms with E-state index in [1.165, 1.54) is 17.7 Å². The molecule has 0 saturated heterocycles. The Hall–Kier alpha value is -1.39. The van der Waals surface area contributed by atoms with Crippen LogP contribution < -0.4 is 11.1 Å². The molecule has 0 bridgehead atoms. The number of anilines is 1. The first-order chi connectivity index (χ1) is 9.10. The summed E-state index contributed by atoms with van der Waals surface area (Å²) < 4.78 is 13.8. The highest BCUT2D eigenvalue weighted by Crippen LogP contribution is 2.27. The molecule has 2 rings (SSSR count). The highest BCUT2D eigenvalue weighted by molar-refractivity contribution is 9.10. The van der Waals surface area contributed by atoms with E-state index in [0.29, 0.717) is 6.54 Å². The molecule has 1 atom stereocenters. The maximum Gasteiger partial charge on any atom is 0.124 e. The Morgan fingerprint density at radius 3 is 2.68 bits per heavy atom. The molecule has 2 nitrogen and oxygen atoms in total. The summed E-state index contributed by atoms with van der Waals surface area (Å²) in [7, 11) is 0. The van der Waals surface area contributed by atoms with Gasteiger partial charge in [-0.15, -0.1) is 0 Å².